The number of alkyl halides is 2. The molecule has 0 spiro atoms. The molecule has 0 aromatic rings. The fourth-order valence-corrected chi connectivity index (χ4v) is 0.491. The highest BCUT2D eigenvalue weighted by atomic mass is 35.5. The highest BCUT2D eigenvalue weighted by Gasteiger charge is 2.09. The normalized spacial score (nSPS) is 18.0. The Labute approximate surface area is 59.9 Å². The standard InChI is InChI=1S/C5H10Cl2O/c1-3-8-5(7)4(2)6/h4-5H,3H2,1-2H3/t4-,5+/m1/s1. The summed E-state index contributed by atoms with van der Waals surface area (Å²) in [5.41, 5.74) is -0.346. The van der Waals surface area contributed by atoms with E-state index in [2.05, 4.69) is 0 Å². The molecule has 0 aromatic carbocycles. The van der Waals surface area contributed by atoms with Crippen LogP contribution in [0.2, 0.25) is 0 Å². The van der Waals surface area contributed by atoms with Crippen molar-refractivity contribution >= 4 is 23.2 Å². The van der Waals surface area contributed by atoms with Crippen LogP contribution in [-0.4, -0.2) is 17.5 Å². The fraction of sp³-hybridized carbons (Fsp3) is 1.00. The van der Waals surface area contributed by atoms with Crippen molar-refractivity contribution in [3.63, 3.8) is 0 Å². The molecule has 1 nitrogen and oxygen atoms in total. The molecule has 0 aliphatic heterocycles. The lowest BCUT2D eigenvalue weighted by Gasteiger charge is -2.09. The Balaban J connectivity index is 3.17. The van der Waals surface area contributed by atoms with E-state index in [0.29, 0.717) is 6.61 Å². The van der Waals surface area contributed by atoms with Crippen molar-refractivity contribution in [1.29, 1.82) is 0 Å². The van der Waals surface area contributed by atoms with Gasteiger partial charge in [0.25, 0.3) is 0 Å². The van der Waals surface area contributed by atoms with Crippen LogP contribution < -0.4 is 0 Å². The van der Waals surface area contributed by atoms with E-state index >= 15 is 0 Å². The lowest BCUT2D eigenvalue weighted by molar-refractivity contribution is 0.119. The van der Waals surface area contributed by atoms with Gasteiger partial charge >= 0.3 is 0 Å². The van der Waals surface area contributed by atoms with Crippen molar-refractivity contribution < 1.29 is 4.74 Å². The smallest absolute Gasteiger partial charge is 0.147 e. The van der Waals surface area contributed by atoms with Crippen LogP contribution in [-0.2, 0) is 4.74 Å². The second-order valence-electron chi connectivity index (χ2n) is 1.48. The van der Waals surface area contributed by atoms with Crippen molar-refractivity contribution in [2.24, 2.45) is 0 Å². The van der Waals surface area contributed by atoms with Gasteiger partial charge in [0.05, 0.1) is 5.38 Å². The van der Waals surface area contributed by atoms with Gasteiger partial charge in [0, 0.05) is 6.61 Å². The minimum Gasteiger partial charge on any atom is -0.361 e. The molecule has 0 unspecified atom stereocenters. The van der Waals surface area contributed by atoms with Crippen LogP contribution in [0.5, 0.6) is 0 Å². The molecule has 0 aliphatic carbocycles. The Bertz CT molecular complexity index is 56.4. The molecule has 0 amide bonds. The van der Waals surface area contributed by atoms with Crippen molar-refractivity contribution in [3.05, 3.63) is 0 Å². The van der Waals surface area contributed by atoms with Gasteiger partial charge in [-0.1, -0.05) is 11.6 Å². The zero-order valence-corrected chi connectivity index (χ0v) is 6.54. The van der Waals surface area contributed by atoms with Crippen LogP contribution >= 0.6 is 23.2 Å². The fourth-order valence-electron chi connectivity index (χ4n) is 0.292. The van der Waals surface area contributed by atoms with E-state index < -0.39 is 0 Å². The second kappa shape index (κ2) is 4.42. The van der Waals surface area contributed by atoms with Crippen LogP contribution in [0, 0.1) is 0 Å². The van der Waals surface area contributed by atoms with Gasteiger partial charge in [0.15, 0.2) is 0 Å². The zero-order valence-electron chi connectivity index (χ0n) is 5.03. The molecule has 2 atom stereocenters. The topological polar surface area (TPSA) is 9.23 Å². The molecule has 0 fully saturated rings. The molecule has 0 aliphatic rings. The summed E-state index contributed by atoms with van der Waals surface area (Å²) in [7, 11) is 0. The summed E-state index contributed by atoms with van der Waals surface area (Å²) in [4.78, 5) is 0. The average Bonchev–Trinajstić information content (AvgIpc) is 1.67. The maximum Gasteiger partial charge on any atom is 0.147 e. The summed E-state index contributed by atoms with van der Waals surface area (Å²) in [6.07, 6.45) is 0. The van der Waals surface area contributed by atoms with E-state index in [1.165, 1.54) is 0 Å². The first kappa shape index (κ1) is 8.54. The van der Waals surface area contributed by atoms with E-state index in [4.69, 9.17) is 27.9 Å². The molecular formula is C5H10Cl2O. The molecule has 0 rings (SSSR count). The summed E-state index contributed by atoms with van der Waals surface area (Å²) in [6, 6.07) is 0. The Kier molecular flexibility index (Phi) is 4.72. The van der Waals surface area contributed by atoms with E-state index in [-0.39, 0.29) is 10.9 Å². The summed E-state index contributed by atoms with van der Waals surface area (Å²) in [5, 5.41) is -0.114. The SMILES string of the molecule is CCO[C@H](Cl)[C@@H](C)Cl. The van der Waals surface area contributed by atoms with Gasteiger partial charge < -0.3 is 4.74 Å². The van der Waals surface area contributed by atoms with Gasteiger partial charge in [-0.25, -0.2) is 0 Å². The first-order valence-electron chi connectivity index (χ1n) is 2.58. The first-order chi connectivity index (χ1) is 3.68. The van der Waals surface area contributed by atoms with E-state index in [1.54, 1.807) is 6.92 Å². The zero-order chi connectivity index (χ0) is 6.57. The monoisotopic (exact) mass is 156 g/mol. The third-order valence-corrected chi connectivity index (χ3v) is 1.55. The van der Waals surface area contributed by atoms with Crippen molar-refractivity contribution in [3.8, 4) is 0 Å². The van der Waals surface area contributed by atoms with E-state index in [9.17, 15) is 0 Å². The molecule has 0 saturated heterocycles. The minimum atomic E-state index is -0.346. The number of hydrogen-bond acceptors (Lipinski definition) is 1. The van der Waals surface area contributed by atoms with Gasteiger partial charge in [0.2, 0.25) is 0 Å². The highest BCUT2D eigenvalue weighted by molar-refractivity contribution is 6.29. The maximum absolute atomic E-state index is 5.56. The molecule has 3 heteroatoms. The molecular weight excluding hydrogens is 147 g/mol. The number of hydrogen-bond donors (Lipinski definition) is 0. The molecule has 0 N–H and O–H groups in total. The van der Waals surface area contributed by atoms with Crippen LogP contribution in [0.1, 0.15) is 13.8 Å². The molecule has 50 valence electrons. The third-order valence-electron chi connectivity index (χ3n) is 0.687. The van der Waals surface area contributed by atoms with Gasteiger partial charge in [0.1, 0.15) is 5.56 Å². The van der Waals surface area contributed by atoms with Crippen molar-refractivity contribution in [2.45, 2.75) is 24.8 Å². The molecule has 0 aromatic heterocycles. The molecule has 0 heterocycles. The van der Waals surface area contributed by atoms with Gasteiger partial charge in [-0.05, 0) is 13.8 Å². The Morgan fingerprint density at radius 2 is 2.00 bits per heavy atom. The first-order valence-corrected chi connectivity index (χ1v) is 3.45. The molecule has 0 bridgehead atoms. The van der Waals surface area contributed by atoms with Crippen LogP contribution in [0.3, 0.4) is 0 Å². The molecule has 0 saturated carbocycles. The van der Waals surface area contributed by atoms with Crippen molar-refractivity contribution in [1.82, 2.24) is 0 Å². The lowest BCUT2D eigenvalue weighted by Crippen LogP contribution is -2.14. The number of ether oxygens (including phenoxy) is 1. The Hall–Kier alpha value is 0.540. The van der Waals surface area contributed by atoms with Crippen LogP contribution in [0.4, 0.5) is 0 Å². The summed E-state index contributed by atoms with van der Waals surface area (Å²) in [5.74, 6) is 0. The van der Waals surface area contributed by atoms with E-state index in [1.807, 2.05) is 6.92 Å². The maximum atomic E-state index is 5.56. The quantitative estimate of drug-likeness (QED) is 0.570. The van der Waals surface area contributed by atoms with Crippen molar-refractivity contribution in [2.75, 3.05) is 6.61 Å². The van der Waals surface area contributed by atoms with Gasteiger partial charge in [-0.2, -0.15) is 0 Å². The molecule has 8 heavy (non-hydrogen) atoms. The van der Waals surface area contributed by atoms with Crippen LogP contribution in [0.15, 0.2) is 0 Å². The Morgan fingerprint density at radius 3 is 2.12 bits per heavy atom. The summed E-state index contributed by atoms with van der Waals surface area (Å²) in [6.45, 7) is 4.30. The number of rotatable bonds is 3. The number of halogens is 2. The van der Waals surface area contributed by atoms with Gasteiger partial charge in [-0.3, -0.25) is 0 Å². The largest absolute Gasteiger partial charge is 0.361 e. The lowest BCUT2D eigenvalue weighted by atomic mass is 10.5. The predicted molar refractivity (Wildman–Crippen MR) is 36.6 cm³/mol. The summed E-state index contributed by atoms with van der Waals surface area (Å²) < 4.78 is 4.94. The second-order valence-corrected chi connectivity index (χ2v) is 2.60. The Morgan fingerprint density at radius 1 is 1.50 bits per heavy atom. The predicted octanol–water partition coefficient (Wildman–Crippen LogP) is 2.22. The third kappa shape index (κ3) is 3.53. The minimum absolute atomic E-state index is 0.114. The summed E-state index contributed by atoms with van der Waals surface area (Å²) >= 11 is 11.1. The average molecular weight is 157 g/mol. The van der Waals surface area contributed by atoms with Crippen LogP contribution in [0.25, 0.3) is 0 Å². The highest BCUT2D eigenvalue weighted by Crippen LogP contribution is 2.09. The van der Waals surface area contributed by atoms with E-state index in [0.717, 1.165) is 0 Å². The molecule has 0 radical (unpaired) electrons. The van der Waals surface area contributed by atoms with Gasteiger partial charge in [-0.15, -0.1) is 11.6 Å².